The lowest BCUT2D eigenvalue weighted by atomic mass is 9.93. The Morgan fingerprint density at radius 3 is 2.40 bits per heavy atom. The number of hydrogen-bond donors (Lipinski definition) is 2. The highest BCUT2D eigenvalue weighted by molar-refractivity contribution is 6.01. The molecule has 0 aliphatic carbocycles. The molecule has 5 rings (SSSR count). The first kappa shape index (κ1) is 18.1. The van der Waals surface area contributed by atoms with Gasteiger partial charge in [0.1, 0.15) is 6.04 Å². The molecule has 1 aromatic heterocycles. The van der Waals surface area contributed by atoms with Gasteiger partial charge in [0.05, 0.1) is 11.0 Å². The van der Waals surface area contributed by atoms with Crippen molar-refractivity contribution < 1.29 is 9.59 Å². The summed E-state index contributed by atoms with van der Waals surface area (Å²) < 4.78 is 0. The SMILES string of the molecule is O=C(Nc1nc2ccccc2[nH]1)[C@H]1Cc2ccccc2CN1C(=O)c1ccccc1. The Balaban J connectivity index is 1.46. The van der Waals surface area contributed by atoms with Gasteiger partial charge in [0, 0.05) is 18.5 Å². The third-order valence-electron chi connectivity index (χ3n) is 5.46. The van der Waals surface area contributed by atoms with Crippen molar-refractivity contribution in [3.8, 4) is 0 Å². The van der Waals surface area contributed by atoms with Crippen molar-refractivity contribution in [2.45, 2.75) is 19.0 Å². The molecule has 2 N–H and O–H groups in total. The summed E-state index contributed by atoms with van der Waals surface area (Å²) in [6.45, 7) is 0.391. The Hall–Kier alpha value is -3.93. The molecule has 1 aliphatic heterocycles. The second-order valence-electron chi connectivity index (χ2n) is 7.38. The number of benzene rings is 3. The van der Waals surface area contributed by atoms with Crippen LogP contribution in [-0.2, 0) is 17.8 Å². The van der Waals surface area contributed by atoms with Gasteiger partial charge in [-0.2, -0.15) is 0 Å². The standard InChI is InChI=1S/C24H20N4O2/c29-22(27-24-25-19-12-6-7-13-20(19)26-24)21-14-17-10-4-5-11-18(17)15-28(21)23(30)16-8-2-1-3-9-16/h1-13,21H,14-15H2,(H2,25,26,27,29)/t21-/m1/s1. The Bertz CT molecular complexity index is 1200. The van der Waals surface area contributed by atoms with Gasteiger partial charge in [-0.25, -0.2) is 4.98 Å². The lowest BCUT2D eigenvalue weighted by Gasteiger charge is -2.36. The molecule has 0 saturated carbocycles. The smallest absolute Gasteiger partial charge is 0.254 e. The number of aromatic amines is 1. The molecule has 1 aliphatic rings. The molecule has 2 amide bonds. The molecular weight excluding hydrogens is 376 g/mol. The number of fused-ring (bicyclic) bond motifs is 2. The second-order valence-corrected chi connectivity index (χ2v) is 7.38. The molecule has 0 unspecified atom stereocenters. The average Bonchev–Trinajstić information content (AvgIpc) is 3.20. The minimum absolute atomic E-state index is 0.158. The lowest BCUT2D eigenvalue weighted by Crippen LogP contribution is -2.50. The quantitative estimate of drug-likeness (QED) is 0.553. The first-order valence-corrected chi connectivity index (χ1v) is 9.87. The number of H-pyrrole nitrogens is 1. The van der Waals surface area contributed by atoms with Crippen LogP contribution in [-0.4, -0.2) is 32.7 Å². The van der Waals surface area contributed by atoms with E-state index < -0.39 is 6.04 Å². The van der Waals surface area contributed by atoms with Gasteiger partial charge in [-0.1, -0.05) is 54.6 Å². The van der Waals surface area contributed by atoms with E-state index in [9.17, 15) is 9.59 Å². The summed E-state index contributed by atoms with van der Waals surface area (Å²) in [7, 11) is 0. The van der Waals surface area contributed by atoms with Crippen LogP contribution in [0.15, 0.2) is 78.9 Å². The molecule has 6 heteroatoms. The molecular formula is C24H20N4O2. The van der Waals surface area contributed by atoms with Crippen LogP contribution < -0.4 is 5.32 Å². The number of aromatic nitrogens is 2. The van der Waals surface area contributed by atoms with Crippen molar-refractivity contribution >= 4 is 28.8 Å². The predicted octanol–water partition coefficient (Wildman–Crippen LogP) is 3.77. The summed E-state index contributed by atoms with van der Waals surface area (Å²) in [5, 5.41) is 2.87. The zero-order chi connectivity index (χ0) is 20.5. The van der Waals surface area contributed by atoms with E-state index >= 15 is 0 Å². The first-order valence-electron chi connectivity index (χ1n) is 9.87. The lowest BCUT2D eigenvalue weighted by molar-refractivity contribution is -0.121. The van der Waals surface area contributed by atoms with Crippen molar-refractivity contribution in [3.63, 3.8) is 0 Å². The molecule has 30 heavy (non-hydrogen) atoms. The van der Waals surface area contributed by atoms with E-state index in [0.717, 1.165) is 22.2 Å². The number of nitrogens with one attached hydrogen (secondary N) is 2. The minimum Gasteiger partial charge on any atom is -0.324 e. The molecule has 0 bridgehead atoms. The highest BCUT2D eigenvalue weighted by Gasteiger charge is 2.35. The third-order valence-corrected chi connectivity index (χ3v) is 5.46. The number of carbonyl (C=O) groups excluding carboxylic acids is 2. The van der Waals surface area contributed by atoms with Gasteiger partial charge < -0.3 is 9.88 Å². The van der Waals surface area contributed by atoms with E-state index in [1.54, 1.807) is 17.0 Å². The Labute approximate surface area is 173 Å². The summed E-state index contributed by atoms with van der Waals surface area (Å²) in [6.07, 6.45) is 0.459. The van der Waals surface area contributed by atoms with Crippen molar-refractivity contribution in [1.29, 1.82) is 0 Å². The van der Waals surface area contributed by atoms with Crippen LogP contribution in [0.5, 0.6) is 0 Å². The molecule has 4 aromatic rings. The molecule has 1 atom stereocenters. The van der Waals surface area contributed by atoms with Gasteiger partial charge in [-0.05, 0) is 35.4 Å². The summed E-state index contributed by atoms with van der Waals surface area (Å²) in [6, 6.07) is 24.0. The Kier molecular flexibility index (Phi) is 4.52. The van der Waals surface area contributed by atoms with Crippen molar-refractivity contribution in [2.24, 2.45) is 0 Å². The highest BCUT2D eigenvalue weighted by Crippen LogP contribution is 2.26. The average molecular weight is 396 g/mol. The fraction of sp³-hybridized carbons (Fsp3) is 0.125. The van der Waals surface area contributed by atoms with E-state index in [2.05, 4.69) is 15.3 Å². The number of hydrogen-bond acceptors (Lipinski definition) is 3. The van der Waals surface area contributed by atoms with Gasteiger partial charge >= 0.3 is 0 Å². The molecule has 3 aromatic carbocycles. The topological polar surface area (TPSA) is 78.1 Å². The zero-order valence-electron chi connectivity index (χ0n) is 16.2. The van der Waals surface area contributed by atoms with Crippen molar-refractivity contribution in [3.05, 3.63) is 95.6 Å². The van der Waals surface area contributed by atoms with Crippen LogP contribution in [0.25, 0.3) is 11.0 Å². The first-order chi connectivity index (χ1) is 14.7. The van der Waals surface area contributed by atoms with Crippen LogP contribution in [0.4, 0.5) is 5.95 Å². The number of anilines is 1. The van der Waals surface area contributed by atoms with Crippen LogP contribution in [0.3, 0.4) is 0 Å². The monoisotopic (exact) mass is 396 g/mol. The van der Waals surface area contributed by atoms with Gasteiger partial charge in [0.25, 0.3) is 5.91 Å². The Morgan fingerprint density at radius 2 is 1.60 bits per heavy atom. The van der Waals surface area contributed by atoms with Crippen LogP contribution in [0.1, 0.15) is 21.5 Å². The van der Waals surface area contributed by atoms with E-state index in [1.165, 1.54) is 0 Å². The summed E-state index contributed by atoms with van der Waals surface area (Å²) in [5.41, 5.74) is 4.34. The maximum absolute atomic E-state index is 13.2. The molecule has 2 heterocycles. The van der Waals surface area contributed by atoms with Gasteiger partial charge in [0.15, 0.2) is 0 Å². The van der Waals surface area contributed by atoms with Crippen LogP contribution in [0.2, 0.25) is 0 Å². The minimum atomic E-state index is -0.624. The number of carbonyl (C=O) groups is 2. The highest BCUT2D eigenvalue weighted by atomic mass is 16.2. The van der Waals surface area contributed by atoms with E-state index in [-0.39, 0.29) is 11.8 Å². The van der Waals surface area contributed by atoms with Gasteiger partial charge in [-0.15, -0.1) is 0 Å². The number of nitrogens with zero attached hydrogens (tertiary/aromatic N) is 2. The maximum Gasteiger partial charge on any atom is 0.254 e. The number of imidazole rings is 1. The normalized spacial score (nSPS) is 15.6. The third kappa shape index (κ3) is 3.33. The molecule has 148 valence electrons. The second kappa shape index (κ2) is 7.48. The largest absolute Gasteiger partial charge is 0.324 e. The van der Waals surface area contributed by atoms with E-state index in [1.807, 2.05) is 66.7 Å². The Morgan fingerprint density at radius 1 is 0.900 bits per heavy atom. The molecule has 0 radical (unpaired) electrons. The van der Waals surface area contributed by atoms with E-state index in [4.69, 9.17) is 0 Å². The summed E-state index contributed by atoms with van der Waals surface area (Å²) in [4.78, 5) is 35.7. The molecule has 0 saturated heterocycles. The van der Waals surface area contributed by atoms with Crippen LogP contribution in [0, 0.1) is 0 Å². The van der Waals surface area contributed by atoms with Crippen molar-refractivity contribution in [2.75, 3.05) is 5.32 Å². The molecule has 0 fully saturated rings. The van der Waals surface area contributed by atoms with Gasteiger partial charge in [0.2, 0.25) is 11.9 Å². The molecule has 0 spiro atoms. The van der Waals surface area contributed by atoms with Crippen LogP contribution >= 0.6 is 0 Å². The fourth-order valence-corrected chi connectivity index (χ4v) is 3.93. The summed E-state index contributed by atoms with van der Waals surface area (Å²) >= 11 is 0. The van der Waals surface area contributed by atoms with E-state index in [0.29, 0.717) is 24.5 Å². The molecule has 6 nitrogen and oxygen atoms in total. The number of para-hydroxylation sites is 2. The maximum atomic E-state index is 13.2. The fourth-order valence-electron chi connectivity index (χ4n) is 3.93. The summed E-state index contributed by atoms with van der Waals surface area (Å²) in [5.74, 6) is -0.0325. The van der Waals surface area contributed by atoms with Gasteiger partial charge in [-0.3, -0.25) is 14.9 Å². The predicted molar refractivity (Wildman–Crippen MR) is 115 cm³/mol. The number of amides is 2. The number of rotatable bonds is 3. The zero-order valence-corrected chi connectivity index (χ0v) is 16.2. The van der Waals surface area contributed by atoms with Crippen molar-refractivity contribution in [1.82, 2.24) is 14.9 Å².